The van der Waals surface area contributed by atoms with Gasteiger partial charge in [0.25, 0.3) is 0 Å². The largest absolute Gasteiger partial charge is 0.435 e. The fourth-order valence-corrected chi connectivity index (χ4v) is 6.07. The molecule has 5 atom stereocenters. The number of hydrogen-bond donors (Lipinski definition) is 0. The predicted octanol–water partition coefficient (Wildman–Crippen LogP) is 5.84. The van der Waals surface area contributed by atoms with Crippen LogP contribution in [-0.2, 0) is 23.1 Å². The number of esters is 1. The average molecular weight is 498 g/mol. The van der Waals surface area contributed by atoms with E-state index in [1.807, 2.05) is 6.92 Å². The molecule has 1 saturated heterocycles. The lowest BCUT2D eigenvalue weighted by molar-refractivity contribution is -0.230. The second-order valence-corrected chi connectivity index (χ2v) is 21.5. The molecule has 1 aliphatic heterocycles. The van der Waals surface area contributed by atoms with Crippen LogP contribution in [0.15, 0.2) is 0 Å². The molecule has 0 amide bonds. The fraction of sp³-hybridized carbons (Fsp3) is 0.950. The topological polar surface area (TPSA) is 54.0 Å². The third-order valence-electron chi connectivity index (χ3n) is 6.46. The maximum Gasteiger partial charge on any atom is 0.304 e. The number of carbonyl (C=O) groups is 1. The Balaban J connectivity index is 3.28. The zero-order valence-electron chi connectivity index (χ0n) is 19.8. The number of carbonyl (C=O) groups excluding carboxylic acids is 1. The van der Waals surface area contributed by atoms with Crippen LogP contribution in [0.5, 0.6) is 0 Å². The quantitative estimate of drug-likeness (QED) is 0.271. The lowest BCUT2D eigenvalue weighted by Gasteiger charge is -2.51. The van der Waals surface area contributed by atoms with Crippen molar-refractivity contribution >= 4 is 38.5 Å². The summed E-state index contributed by atoms with van der Waals surface area (Å²) in [6.07, 6.45) is -1.43. The summed E-state index contributed by atoms with van der Waals surface area (Å²) in [5, 5.41) is 0.127. The fourth-order valence-electron chi connectivity index (χ4n) is 2.55. The van der Waals surface area contributed by atoms with Crippen LogP contribution >= 0.6 is 15.9 Å². The standard InChI is InChI=1S/C20H41BrO5Si2/c1-13-16(25-27(9,10)19(3,4)5)17(26-28(11,12)20(6,7)8)15(21)18(23-13)24-14(2)22/h13,15-18H,1-12H3/t13-,15+,16-,17-,18-/m0/s1. The van der Waals surface area contributed by atoms with E-state index in [4.69, 9.17) is 18.3 Å². The van der Waals surface area contributed by atoms with E-state index in [0.717, 1.165) is 0 Å². The number of ether oxygens (including phenoxy) is 2. The molecular formula is C20H41BrO5Si2. The second-order valence-electron chi connectivity index (χ2n) is 10.9. The van der Waals surface area contributed by atoms with Gasteiger partial charge in [0.15, 0.2) is 16.6 Å². The van der Waals surface area contributed by atoms with Gasteiger partial charge in [-0.05, 0) is 43.2 Å². The molecule has 166 valence electrons. The Bertz CT molecular complexity index is 554. The molecule has 1 rings (SSSR count). The summed E-state index contributed by atoms with van der Waals surface area (Å²) in [5.41, 5.74) is 0. The summed E-state index contributed by atoms with van der Waals surface area (Å²) < 4.78 is 25.1. The molecule has 0 saturated carbocycles. The van der Waals surface area contributed by atoms with Crippen LogP contribution in [0.1, 0.15) is 55.4 Å². The van der Waals surface area contributed by atoms with Crippen LogP contribution in [0.3, 0.4) is 0 Å². The van der Waals surface area contributed by atoms with Crippen LogP contribution < -0.4 is 0 Å². The van der Waals surface area contributed by atoms with Crippen molar-refractivity contribution in [3.8, 4) is 0 Å². The maximum atomic E-state index is 11.6. The Morgan fingerprint density at radius 1 is 0.893 bits per heavy atom. The third kappa shape index (κ3) is 6.14. The zero-order valence-corrected chi connectivity index (χ0v) is 23.4. The molecule has 0 radical (unpaired) electrons. The molecule has 0 aromatic heterocycles. The molecule has 0 N–H and O–H groups in total. The van der Waals surface area contributed by atoms with Gasteiger partial charge in [-0.1, -0.05) is 57.5 Å². The van der Waals surface area contributed by atoms with Gasteiger partial charge in [-0.15, -0.1) is 0 Å². The smallest absolute Gasteiger partial charge is 0.304 e. The molecule has 0 aromatic carbocycles. The Morgan fingerprint density at radius 2 is 1.29 bits per heavy atom. The van der Waals surface area contributed by atoms with Gasteiger partial charge in [0.1, 0.15) is 4.83 Å². The highest BCUT2D eigenvalue weighted by atomic mass is 79.9. The second kappa shape index (κ2) is 8.79. The van der Waals surface area contributed by atoms with Gasteiger partial charge in [-0.2, -0.15) is 0 Å². The number of rotatable bonds is 5. The molecular weight excluding hydrogens is 456 g/mol. The number of hydrogen-bond acceptors (Lipinski definition) is 5. The van der Waals surface area contributed by atoms with Crippen LogP contribution in [0.2, 0.25) is 36.3 Å². The van der Waals surface area contributed by atoms with Gasteiger partial charge in [0.05, 0.1) is 18.3 Å². The van der Waals surface area contributed by atoms with Crippen molar-refractivity contribution in [2.45, 2.75) is 121 Å². The minimum absolute atomic E-state index is 0.0553. The summed E-state index contributed by atoms with van der Waals surface area (Å²) in [5.74, 6) is -0.364. The first-order valence-electron chi connectivity index (χ1n) is 10.1. The van der Waals surface area contributed by atoms with Crippen molar-refractivity contribution in [3.63, 3.8) is 0 Å². The molecule has 28 heavy (non-hydrogen) atoms. The normalized spacial score (nSPS) is 30.2. The van der Waals surface area contributed by atoms with E-state index >= 15 is 0 Å². The number of halogens is 1. The number of alkyl halides is 1. The molecule has 0 aromatic rings. The summed E-state index contributed by atoms with van der Waals surface area (Å²) in [4.78, 5) is 11.3. The third-order valence-corrected chi connectivity index (χ3v) is 16.4. The van der Waals surface area contributed by atoms with Crippen molar-refractivity contribution < 1.29 is 23.1 Å². The highest BCUT2D eigenvalue weighted by Gasteiger charge is 2.53. The highest BCUT2D eigenvalue weighted by molar-refractivity contribution is 9.09. The molecule has 5 nitrogen and oxygen atoms in total. The van der Waals surface area contributed by atoms with Crippen molar-refractivity contribution in [3.05, 3.63) is 0 Å². The predicted molar refractivity (Wildman–Crippen MR) is 123 cm³/mol. The zero-order chi connectivity index (χ0) is 22.3. The van der Waals surface area contributed by atoms with E-state index in [1.165, 1.54) is 6.92 Å². The van der Waals surface area contributed by atoms with Crippen molar-refractivity contribution in [2.24, 2.45) is 0 Å². The Morgan fingerprint density at radius 3 is 1.64 bits per heavy atom. The first-order valence-corrected chi connectivity index (χ1v) is 16.9. The summed E-state index contributed by atoms with van der Waals surface area (Å²) in [7, 11) is -4.14. The molecule has 8 heteroatoms. The Kier molecular flexibility index (Phi) is 8.25. The van der Waals surface area contributed by atoms with E-state index in [0.29, 0.717) is 0 Å². The Labute approximate surface area is 182 Å². The lowest BCUT2D eigenvalue weighted by atomic mass is 10.0. The minimum Gasteiger partial charge on any atom is -0.435 e. The minimum atomic E-state index is -2.09. The summed E-state index contributed by atoms with van der Waals surface area (Å²) >= 11 is 3.73. The lowest BCUT2D eigenvalue weighted by Crippen LogP contribution is -2.63. The van der Waals surface area contributed by atoms with E-state index in [9.17, 15) is 4.79 Å². The molecule has 1 heterocycles. The van der Waals surface area contributed by atoms with Gasteiger partial charge in [0, 0.05) is 6.92 Å². The molecule has 0 bridgehead atoms. The van der Waals surface area contributed by atoms with E-state index in [1.54, 1.807) is 0 Å². The van der Waals surface area contributed by atoms with Crippen LogP contribution in [0.4, 0.5) is 0 Å². The monoisotopic (exact) mass is 496 g/mol. The first kappa shape index (κ1) is 26.3. The van der Waals surface area contributed by atoms with Gasteiger partial charge in [-0.25, -0.2) is 0 Å². The molecule has 0 aliphatic carbocycles. The molecule has 0 spiro atoms. The van der Waals surface area contributed by atoms with Crippen LogP contribution in [0, 0.1) is 0 Å². The van der Waals surface area contributed by atoms with Gasteiger partial charge in [0.2, 0.25) is 6.29 Å². The molecule has 1 fully saturated rings. The average Bonchev–Trinajstić information content (AvgIpc) is 2.45. The van der Waals surface area contributed by atoms with Gasteiger partial charge < -0.3 is 18.3 Å². The van der Waals surface area contributed by atoms with Gasteiger partial charge >= 0.3 is 5.97 Å². The SMILES string of the molecule is CC(=O)O[C@@H]1O[C@@H](C)[C@H](O[Si](C)(C)C(C)(C)C)[C@@H](O[Si](C)(C)C(C)(C)C)[C@H]1Br. The van der Waals surface area contributed by atoms with E-state index in [-0.39, 0.29) is 39.2 Å². The van der Waals surface area contributed by atoms with Crippen molar-refractivity contribution in [1.82, 2.24) is 0 Å². The van der Waals surface area contributed by atoms with Crippen LogP contribution in [-0.4, -0.2) is 52.0 Å². The summed E-state index contributed by atoms with van der Waals surface area (Å²) in [6.45, 7) is 25.7. The van der Waals surface area contributed by atoms with Crippen molar-refractivity contribution in [1.29, 1.82) is 0 Å². The maximum absolute atomic E-state index is 11.6. The van der Waals surface area contributed by atoms with Crippen molar-refractivity contribution in [2.75, 3.05) is 0 Å². The molecule has 0 unspecified atom stereocenters. The molecule has 1 aliphatic rings. The Hall–Kier alpha value is 0.264. The van der Waals surface area contributed by atoms with E-state index in [2.05, 4.69) is 83.7 Å². The first-order chi connectivity index (χ1) is 12.3. The summed E-state index contributed by atoms with van der Waals surface area (Å²) in [6, 6.07) is 0. The van der Waals surface area contributed by atoms with Gasteiger partial charge in [-0.3, -0.25) is 4.79 Å². The van der Waals surface area contributed by atoms with Crippen LogP contribution in [0.25, 0.3) is 0 Å². The van der Waals surface area contributed by atoms with E-state index < -0.39 is 22.9 Å². The highest BCUT2D eigenvalue weighted by Crippen LogP contribution is 2.44.